The number of para-hydroxylation sites is 1. The maximum absolute atomic E-state index is 13.2. The summed E-state index contributed by atoms with van der Waals surface area (Å²) < 4.78 is 3.05. The number of carbonyl (C=O) groups is 1. The lowest BCUT2D eigenvalue weighted by molar-refractivity contribution is -0.119. The fourth-order valence-electron chi connectivity index (χ4n) is 4.62. The molecule has 5 rings (SSSR count). The van der Waals surface area contributed by atoms with Crippen LogP contribution in [0.1, 0.15) is 31.9 Å². The Hall–Kier alpha value is -3.15. The molecular formula is C21H19N3O3. The van der Waals surface area contributed by atoms with Crippen molar-refractivity contribution in [1.29, 1.82) is 0 Å². The summed E-state index contributed by atoms with van der Waals surface area (Å²) in [7, 11) is 0. The number of nitrogens with one attached hydrogen (secondary N) is 1. The van der Waals surface area contributed by atoms with E-state index < -0.39 is 11.5 Å². The summed E-state index contributed by atoms with van der Waals surface area (Å²) >= 11 is 0. The van der Waals surface area contributed by atoms with Crippen LogP contribution >= 0.6 is 0 Å². The summed E-state index contributed by atoms with van der Waals surface area (Å²) in [5, 5.41) is 3.66. The molecule has 0 saturated heterocycles. The van der Waals surface area contributed by atoms with Gasteiger partial charge in [0.2, 0.25) is 5.91 Å². The molecule has 3 aliphatic rings. The van der Waals surface area contributed by atoms with E-state index in [2.05, 4.69) is 5.32 Å². The third-order valence-corrected chi connectivity index (χ3v) is 5.74. The molecule has 6 heteroatoms. The quantitative estimate of drug-likeness (QED) is 0.747. The van der Waals surface area contributed by atoms with Gasteiger partial charge in [-0.3, -0.25) is 19.0 Å². The number of hydrogen-bond acceptors (Lipinski definition) is 3. The van der Waals surface area contributed by atoms with E-state index in [0.717, 1.165) is 16.8 Å². The SMILES string of the molecule is CC(C)=C[C@@H]1n2c(=O)c3n(c(=O)c2=C[C@@]12C(=O)Nc1ccccc12)CCC=3. The zero-order valence-electron chi connectivity index (χ0n) is 15.2. The second kappa shape index (κ2) is 5.19. The van der Waals surface area contributed by atoms with Gasteiger partial charge in [0.05, 0.1) is 6.04 Å². The van der Waals surface area contributed by atoms with Crippen LogP contribution in [-0.2, 0) is 16.8 Å². The minimum atomic E-state index is -1.09. The molecule has 0 radical (unpaired) electrons. The average Bonchev–Trinajstić information content (AvgIpc) is 3.31. The second-order valence-corrected chi connectivity index (χ2v) is 7.60. The van der Waals surface area contributed by atoms with E-state index >= 15 is 0 Å². The Balaban J connectivity index is 1.95. The fourth-order valence-corrected chi connectivity index (χ4v) is 4.62. The summed E-state index contributed by atoms with van der Waals surface area (Å²) in [4.78, 5) is 39.5. The van der Waals surface area contributed by atoms with Gasteiger partial charge in [-0.2, -0.15) is 0 Å². The zero-order valence-corrected chi connectivity index (χ0v) is 15.2. The van der Waals surface area contributed by atoms with Gasteiger partial charge >= 0.3 is 0 Å². The zero-order chi connectivity index (χ0) is 18.9. The molecule has 1 amide bonds. The van der Waals surface area contributed by atoms with E-state index in [0.29, 0.717) is 23.7 Å². The molecule has 0 unspecified atom stereocenters. The lowest BCUT2D eigenvalue weighted by Gasteiger charge is -2.28. The molecule has 1 aromatic heterocycles. The predicted molar refractivity (Wildman–Crippen MR) is 103 cm³/mol. The minimum Gasteiger partial charge on any atom is -0.325 e. The molecule has 1 N–H and O–H groups in total. The largest absolute Gasteiger partial charge is 0.325 e. The van der Waals surface area contributed by atoms with Gasteiger partial charge in [-0.1, -0.05) is 35.9 Å². The number of rotatable bonds is 1. The predicted octanol–water partition coefficient (Wildman–Crippen LogP) is 0.386. The minimum absolute atomic E-state index is 0.206. The molecule has 2 atom stereocenters. The first-order valence-corrected chi connectivity index (χ1v) is 9.09. The number of aromatic nitrogens is 2. The van der Waals surface area contributed by atoms with Crippen LogP contribution in [0.15, 0.2) is 45.5 Å². The van der Waals surface area contributed by atoms with Gasteiger partial charge in [-0.25, -0.2) is 0 Å². The van der Waals surface area contributed by atoms with E-state index in [9.17, 15) is 14.4 Å². The molecule has 3 aliphatic heterocycles. The molecule has 27 heavy (non-hydrogen) atoms. The smallest absolute Gasteiger partial charge is 0.275 e. The van der Waals surface area contributed by atoms with Gasteiger partial charge < -0.3 is 9.88 Å². The number of amides is 1. The molecule has 1 aromatic carbocycles. The van der Waals surface area contributed by atoms with Crippen molar-refractivity contribution >= 4 is 23.7 Å². The number of hydrogen-bond donors (Lipinski definition) is 1. The number of benzene rings is 1. The van der Waals surface area contributed by atoms with Crippen molar-refractivity contribution in [3.05, 3.63) is 72.9 Å². The van der Waals surface area contributed by atoms with Gasteiger partial charge in [-0.15, -0.1) is 0 Å². The number of fused-ring (bicyclic) bond motifs is 4. The topological polar surface area (TPSA) is 73.1 Å². The summed E-state index contributed by atoms with van der Waals surface area (Å²) in [6.45, 7) is 4.37. The molecule has 6 nitrogen and oxygen atoms in total. The van der Waals surface area contributed by atoms with Crippen LogP contribution in [0.4, 0.5) is 5.69 Å². The molecular weight excluding hydrogens is 342 g/mol. The lowest BCUT2D eigenvalue weighted by atomic mass is 9.75. The molecule has 2 aromatic rings. The Kier molecular flexibility index (Phi) is 3.09. The Morgan fingerprint density at radius 1 is 1.15 bits per heavy atom. The van der Waals surface area contributed by atoms with Gasteiger partial charge in [0, 0.05) is 12.2 Å². The third-order valence-electron chi connectivity index (χ3n) is 5.74. The fraction of sp³-hybridized carbons (Fsp3) is 0.286. The first kappa shape index (κ1) is 16.1. The normalized spacial score (nSPS) is 23.9. The number of carbonyl (C=O) groups excluding carboxylic acids is 1. The van der Waals surface area contributed by atoms with Crippen molar-refractivity contribution in [3.8, 4) is 0 Å². The van der Waals surface area contributed by atoms with Crippen molar-refractivity contribution in [2.24, 2.45) is 0 Å². The maximum atomic E-state index is 13.2. The Morgan fingerprint density at radius 3 is 2.70 bits per heavy atom. The molecule has 136 valence electrons. The average molecular weight is 361 g/mol. The van der Waals surface area contributed by atoms with Crippen LogP contribution in [-0.4, -0.2) is 15.0 Å². The molecule has 0 fully saturated rings. The van der Waals surface area contributed by atoms with Crippen molar-refractivity contribution in [1.82, 2.24) is 9.13 Å². The summed E-state index contributed by atoms with van der Waals surface area (Å²) in [6, 6.07) is 6.91. The van der Waals surface area contributed by atoms with Gasteiger partial charge in [-0.05, 0) is 38.0 Å². The summed E-state index contributed by atoms with van der Waals surface area (Å²) in [6.07, 6.45) is 6.11. The van der Waals surface area contributed by atoms with Crippen LogP contribution in [0.25, 0.3) is 12.2 Å². The highest BCUT2D eigenvalue weighted by molar-refractivity contribution is 6.11. The highest BCUT2D eigenvalue weighted by Gasteiger charge is 2.54. The van der Waals surface area contributed by atoms with Crippen LogP contribution in [0.2, 0.25) is 0 Å². The summed E-state index contributed by atoms with van der Waals surface area (Å²) in [5.74, 6) is -0.206. The van der Waals surface area contributed by atoms with E-state index in [4.69, 9.17) is 0 Å². The van der Waals surface area contributed by atoms with Crippen LogP contribution < -0.4 is 27.1 Å². The third kappa shape index (κ3) is 1.87. The number of allylic oxidation sites excluding steroid dienone is 2. The van der Waals surface area contributed by atoms with E-state index in [-0.39, 0.29) is 17.0 Å². The van der Waals surface area contributed by atoms with Crippen LogP contribution in [0.5, 0.6) is 0 Å². The molecule has 1 spiro atoms. The van der Waals surface area contributed by atoms with Gasteiger partial charge in [0.15, 0.2) is 0 Å². The first-order valence-electron chi connectivity index (χ1n) is 9.09. The highest BCUT2D eigenvalue weighted by Crippen LogP contribution is 2.48. The molecule has 0 bridgehead atoms. The molecule has 0 aliphatic carbocycles. The van der Waals surface area contributed by atoms with E-state index in [1.807, 2.05) is 50.3 Å². The molecule has 4 heterocycles. The Morgan fingerprint density at radius 2 is 1.93 bits per heavy atom. The number of anilines is 1. The monoisotopic (exact) mass is 361 g/mol. The summed E-state index contributed by atoms with van der Waals surface area (Å²) in [5.41, 5.74) is 0.998. The van der Waals surface area contributed by atoms with Crippen molar-refractivity contribution in [2.75, 3.05) is 5.32 Å². The van der Waals surface area contributed by atoms with Crippen LogP contribution in [0.3, 0.4) is 0 Å². The van der Waals surface area contributed by atoms with Crippen molar-refractivity contribution < 1.29 is 4.79 Å². The lowest BCUT2D eigenvalue weighted by Crippen LogP contribution is -2.56. The van der Waals surface area contributed by atoms with Gasteiger partial charge in [0.25, 0.3) is 11.1 Å². The van der Waals surface area contributed by atoms with Gasteiger partial charge in [0.1, 0.15) is 16.1 Å². The number of nitrogens with zero attached hydrogens (tertiary/aromatic N) is 2. The molecule has 0 saturated carbocycles. The Labute approximate surface area is 154 Å². The maximum Gasteiger partial charge on any atom is 0.275 e. The first-order chi connectivity index (χ1) is 12.9. The van der Waals surface area contributed by atoms with Crippen molar-refractivity contribution in [3.63, 3.8) is 0 Å². The standard InChI is InChI=1S/C21H19N3O3/c1-12(2)10-17-21(13-6-3-4-7-14(13)22-20(21)27)11-16-18(25)23-9-5-8-15(23)19(26)24(16)17/h3-4,6-8,10-11,17H,5,9H2,1-2H3,(H,22,27)/t17-,21-/m0/s1. The van der Waals surface area contributed by atoms with Crippen LogP contribution in [0, 0.1) is 0 Å². The van der Waals surface area contributed by atoms with E-state index in [1.54, 1.807) is 6.08 Å². The Bertz CT molecular complexity index is 1290. The second-order valence-electron chi connectivity index (χ2n) is 7.60. The highest BCUT2D eigenvalue weighted by atomic mass is 16.2. The van der Waals surface area contributed by atoms with Crippen molar-refractivity contribution in [2.45, 2.75) is 38.3 Å². The van der Waals surface area contributed by atoms with E-state index in [1.165, 1.54) is 9.13 Å².